The molecule has 0 fully saturated rings. The van der Waals surface area contributed by atoms with Gasteiger partial charge in [0, 0.05) is 21.8 Å². The van der Waals surface area contributed by atoms with E-state index in [1.54, 1.807) is 63.2 Å². The molecule has 0 aliphatic rings. The average Bonchev–Trinajstić information content (AvgIpc) is 2.73. The highest BCUT2D eigenvalue weighted by Crippen LogP contribution is 2.33. The van der Waals surface area contributed by atoms with Crippen molar-refractivity contribution in [3.05, 3.63) is 83.4 Å². The molecule has 0 heterocycles. The zero-order valence-electron chi connectivity index (χ0n) is 17.6. The Morgan fingerprint density at radius 1 is 0.935 bits per heavy atom. The molecule has 1 N–H and O–H groups in total. The molecular formula is C25H24ClNO4. The molecule has 5 nitrogen and oxygen atoms in total. The van der Waals surface area contributed by atoms with Gasteiger partial charge in [0.25, 0.3) is 5.91 Å². The van der Waals surface area contributed by atoms with E-state index in [2.05, 4.69) is 5.32 Å². The molecule has 0 saturated carbocycles. The number of anilines is 1. The highest BCUT2D eigenvalue weighted by atomic mass is 35.5. The Morgan fingerprint density at radius 3 is 2.26 bits per heavy atom. The molecule has 160 valence electrons. The van der Waals surface area contributed by atoms with E-state index in [-0.39, 0.29) is 12.5 Å². The fraction of sp³-hybridized carbons (Fsp3) is 0.200. The third-order valence-corrected chi connectivity index (χ3v) is 4.43. The van der Waals surface area contributed by atoms with E-state index >= 15 is 0 Å². The van der Waals surface area contributed by atoms with Crippen molar-refractivity contribution < 1.29 is 19.1 Å². The predicted octanol–water partition coefficient (Wildman–Crippen LogP) is 5.98. The van der Waals surface area contributed by atoms with Gasteiger partial charge in [-0.25, -0.2) is 4.79 Å². The molecule has 0 aliphatic carbocycles. The van der Waals surface area contributed by atoms with E-state index in [0.717, 1.165) is 11.1 Å². The summed E-state index contributed by atoms with van der Waals surface area (Å²) in [4.78, 5) is 24.3. The minimum Gasteiger partial charge on any atom is -0.481 e. The molecule has 0 saturated heterocycles. The van der Waals surface area contributed by atoms with E-state index in [0.29, 0.717) is 22.0 Å². The van der Waals surface area contributed by atoms with Crippen LogP contribution in [0.4, 0.5) is 5.69 Å². The second-order valence-electron chi connectivity index (χ2n) is 7.91. The van der Waals surface area contributed by atoms with E-state index < -0.39 is 11.6 Å². The van der Waals surface area contributed by atoms with Crippen molar-refractivity contribution >= 4 is 29.2 Å². The molecule has 0 spiro atoms. The molecule has 0 aromatic heterocycles. The standard InChI is InChI=1S/C25H24ClNO4/c1-25(2,3)31-23(28)16-30-22-14-11-19(26)15-21(22)17-9-12-20(13-10-17)27-24(29)18-7-5-4-6-8-18/h4-15H,16H2,1-3H3,(H,27,29). The Bertz CT molecular complexity index is 1060. The smallest absolute Gasteiger partial charge is 0.344 e. The number of benzene rings is 3. The first kappa shape index (κ1) is 22.4. The fourth-order valence-corrected chi connectivity index (χ4v) is 3.06. The molecule has 0 atom stereocenters. The van der Waals surface area contributed by atoms with Crippen molar-refractivity contribution in [3.8, 4) is 16.9 Å². The van der Waals surface area contributed by atoms with Crippen LogP contribution in [-0.4, -0.2) is 24.1 Å². The molecule has 3 aromatic carbocycles. The highest BCUT2D eigenvalue weighted by Gasteiger charge is 2.17. The first-order chi connectivity index (χ1) is 14.7. The highest BCUT2D eigenvalue weighted by molar-refractivity contribution is 6.31. The molecule has 3 rings (SSSR count). The quantitative estimate of drug-likeness (QED) is 0.482. The maximum absolute atomic E-state index is 12.3. The number of esters is 1. The number of ether oxygens (including phenoxy) is 2. The molecule has 1 amide bonds. The summed E-state index contributed by atoms with van der Waals surface area (Å²) in [6.07, 6.45) is 0. The monoisotopic (exact) mass is 437 g/mol. The van der Waals surface area contributed by atoms with Crippen molar-refractivity contribution in [3.63, 3.8) is 0 Å². The van der Waals surface area contributed by atoms with Crippen LogP contribution < -0.4 is 10.1 Å². The van der Waals surface area contributed by atoms with Gasteiger partial charge < -0.3 is 14.8 Å². The fourth-order valence-electron chi connectivity index (χ4n) is 2.89. The summed E-state index contributed by atoms with van der Waals surface area (Å²) in [5.41, 5.74) is 2.23. The molecule has 3 aromatic rings. The van der Waals surface area contributed by atoms with Crippen LogP contribution >= 0.6 is 11.6 Å². The molecule has 6 heteroatoms. The van der Waals surface area contributed by atoms with Crippen molar-refractivity contribution in [2.75, 3.05) is 11.9 Å². The van der Waals surface area contributed by atoms with Gasteiger partial charge in [-0.05, 0) is 68.8 Å². The van der Waals surface area contributed by atoms with Crippen LogP contribution in [0.15, 0.2) is 72.8 Å². The Morgan fingerprint density at radius 2 is 1.61 bits per heavy atom. The summed E-state index contributed by atoms with van der Waals surface area (Å²) in [7, 11) is 0. The summed E-state index contributed by atoms with van der Waals surface area (Å²) in [5.74, 6) is -0.124. The number of hydrogen-bond acceptors (Lipinski definition) is 4. The molecule has 31 heavy (non-hydrogen) atoms. The number of carbonyl (C=O) groups is 2. The third kappa shape index (κ3) is 6.59. The van der Waals surface area contributed by atoms with Crippen LogP contribution in [0, 0.1) is 0 Å². The van der Waals surface area contributed by atoms with Crippen molar-refractivity contribution in [2.24, 2.45) is 0 Å². The number of halogens is 1. The van der Waals surface area contributed by atoms with E-state index in [9.17, 15) is 9.59 Å². The maximum Gasteiger partial charge on any atom is 0.344 e. The van der Waals surface area contributed by atoms with Crippen LogP contribution in [0.25, 0.3) is 11.1 Å². The zero-order chi connectivity index (χ0) is 22.4. The van der Waals surface area contributed by atoms with Gasteiger partial charge >= 0.3 is 5.97 Å². The summed E-state index contributed by atoms with van der Waals surface area (Å²) in [5, 5.41) is 3.41. The molecule has 0 radical (unpaired) electrons. The van der Waals surface area contributed by atoms with Crippen LogP contribution in [0.1, 0.15) is 31.1 Å². The van der Waals surface area contributed by atoms with Gasteiger partial charge in [0.15, 0.2) is 6.61 Å². The number of nitrogens with one attached hydrogen (secondary N) is 1. The molecule has 0 bridgehead atoms. The minimum absolute atomic E-state index is 0.183. The third-order valence-electron chi connectivity index (χ3n) is 4.20. The van der Waals surface area contributed by atoms with Crippen LogP contribution in [0.5, 0.6) is 5.75 Å². The zero-order valence-corrected chi connectivity index (χ0v) is 18.4. The van der Waals surface area contributed by atoms with Crippen molar-refractivity contribution in [1.29, 1.82) is 0 Å². The SMILES string of the molecule is CC(C)(C)OC(=O)COc1ccc(Cl)cc1-c1ccc(NC(=O)c2ccccc2)cc1. The molecular weight excluding hydrogens is 414 g/mol. The lowest BCUT2D eigenvalue weighted by Crippen LogP contribution is -2.27. The Hall–Kier alpha value is -3.31. The van der Waals surface area contributed by atoms with Gasteiger partial charge in [0.1, 0.15) is 11.4 Å². The predicted molar refractivity (Wildman–Crippen MR) is 123 cm³/mol. The van der Waals surface area contributed by atoms with Gasteiger partial charge in [-0.15, -0.1) is 0 Å². The first-order valence-electron chi connectivity index (χ1n) is 9.82. The van der Waals surface area contributed by atoms with E-state index in [1.807, 2.05) is 30.3 Å². The van der Waals surface area contributed by atoms with E-state index in [1.165, 1.54) is 0 Å². The lowest BCUT2D eigenvalue weighted by Gasteiger charge is -2.20. The number of hydrogen-bond donors (Lipinski definition) is 1. The number of rotatable bonds is 6. The summed E-state index contributed by atoms with van der Waals surface area (Å²) in [6.45, 7) is 5.20. The number of amides is 1. The van der Waals surface area contributed by atoms with Gasteiger partial charge in [-0.1, -0.05) is 41.9 Å². The summed E-state index contributed by atoms with van der Waals surface area (Å²) >= 11 is 6.18. The van der Waals surface area contributed by atoms with Crippen LogP contribution in [0.2, 0.25) is 5.02 Å². The first-order valence-corrected chi connectivity index (χ1v) is 10.2. The lowest BCUT2D eigenvalue weighted by atomic mass is 10.0. The summed E-state index contributed by atoms with van der Waals surface area (Å²) in [6, 6.07) is 21.5. The van der Waals surface area contributed by atoms with Crippen molar-refractivity contribution in [2.45, 2.75) is 26.4 Å². The van der Waals surface area contributed by atoms with Gasteiger partial charge in [0.2, 0.25) is 0 Å². The minimum atomic E-state index is -0.580. The lowest BCUT2D eigenvalue weighted by molar-refractivity contribution is -0.157. The second kappa shape index (κ2) is 9.67. The van der Waals surface area contributed by atoms with Crippen LogP contribution in [0.3, 0.4) is 0 Å². The molecule has 0 aliphatic heterocycles. The maximum atomic E-state index is 12.3. The number of carbonyl (C=O) groups excluding carboxylic acids is 2. The average molecular weight is 438 g/mol. The van der Waals surface area contributed by atoms with Gasteiger partial charge in [-0.2, -0.15) is 0 Å². The molecule has 0 unspecified atom stereocenters. The van der Waals surface area contributed by atoms with Crippen LogP contribution in [-0.2, 0) is 9.53 Å². The second-order valence-corrected chi connectivity index (χ2v) is 8.35. The summed E-state index contributed by atoms with van der Waals surface area (Å²) < 4.78 is 11.0. The topological polar surface area (TPSA) is 64.6 Å². The Kier molecular flexibility index (Phi) is 6.98. The largest absolute Gasteiger partial charge is 0.481 e. The Labute approximate surface area is 187 Å². The van der Waals surface area contributed by atoms with Gasteiger partial charge in [-0.3, -0.25) is 4.79 Å². The normalized spacial score (nSPS) is 11.0. The van der Waals surface area contributed by atoms with E-state index in [4.69, 9.17) is 21.1 Å². The van der Waals surface area contributed by atoms with Gasteiger partial charge in [0.05, 0.1) is 0 Å². The Balaban J connectivity index is 1.74. The van der Waals surface area contributed by atoms with Crippen molar-refractivity contribution in [1.82, 2.24) is 0 Å².